The lowest BCUT2D eigenvalue weighted by molar-refractivity contribution is 0.322. The van der Waals surface area contributed by atoms with Gasteiger partial charge in [0.15, 0.2) is 0 Å². The third-order valence-electron chi connectivity index (χ3n) is 1.25. The van der Waals surface area contributed by atoms with Gasteiger partial charge in [0, 0.05) is 0 Å². The summed E-state index contributed by atoms with van der Waals surface area (Å²) in [7, 11) is 0. The van der Waals surface area contributed by atoms with Crippen molar-refractivity contribution in [1.82, 2.24) is 0 Å². The molecule has 12 heavy (non-hydrogen) atoms. The van der Waals surface area contributed by atoms with Gasteiger partial charge in [-0.05, 0) is 62.9 Å². The Kier molecular flexibility index (Phi) is 3.56. The molecule has 0 atom stereocenters. The normalized spacial score (nSPS) is 10.8. The number of aromatic hydroxyl groups is 1. The Bertz CT molecular complexity index is 302. The largest absolute Gasteiger partial charge is 0.506 e. The first-order valence-electron chi connectivity index (χ1n) is 3.00. The Morgan fingerprint density at radius 1 is 1.25 bits per heavy atom. The zero-order valence-electron chi connectivity index (χ0n) is 5.83. The SMILES string of the molecule is O/N=C/c1cc(I)c(O)c(I)c1. The third-order valence-corrected chi connectivity index (χ3v) is 2.89. The third kappa shape index (κ3) is 2.22. The van der Waals surface area contributed by atoms with Crippen LogP contribution in [0.5, 0.6) is 5.75 Å². The smallest absolute Gasteiger partial charge is 0.142 e. The molecule has 1 aromatic rings. The molecule has 0 radical (unpaired) electrons. The fraction of sp³-hybridized carbons (Fsp3) is 0. The number of hydrogen-bond donors (Lipinski definition) is 2. The maximum Gasteiger partial charge on any atom is 0.142 e. The van der Waals surface area contributed by atoms with Gasteiger partial charge in [0.2, 0.25) is 0 Å². The van der Waals surface area contributed by atoms with Crippen molar-refractivity contribution in [3.8, 4) is 5.75 Å². The average Bonchev–Trinajstić information content (AvgIpc) is 2.01. The van der Waals surface area contributed by atoms with E-state index in [-0.39, 0.29) is 5.75 Å². The van der Waals surface area contributed by atoms with E-state index < -0.39 is 0 Å². The molecule has 0 aromatic heterocycles. The van der Waals surface area contributed by atoms with Gasteiger partial charge in [-0.1, -0.05) is 5.16 Å². The van der Waals surface area contributed by atoms with E-state index in [1.165, 1.54) is 6.21 Å². The highest BCUT2D eigenvalue weighted by Crippen LogP contribution is 2.26. The highest BCUT2D eigenvalue weighted by Gasteiger charge is 2.03. The zero-order valence-corrected chi connectivity index (χ0v) is 10.1. The van der Waals surface area contributed by atoms with Crippen molar-refractivity contribution in [1.29, 1.82) is 0 Å². The fourth-order valence-corrected chi connectivity index (χ4v) is 2.54. The summed E-state index contributed by atoms with van der Waals surface area (Å²) >= 11 is 4.03. The quantitative estimate of drug-likeness (QED) is 0.336. The molecule has 0 spiro atoms. The highest BCUT2D eigenvalue weighted by atomic mass is 127. The highest BCUT2D eigenvalue weighted by molar-refractivity contribution is 14.1. The molecular formula is C7H5I2NO2. The summed E-state index contributed by atoms with van der Waals surface area (Å²) in [6, 6.07) is 3.47. The van der Waals surface area contributed by atoms with Crippen molar-refractivity contribution in [2.75, 3.05) is 0 Å². The molecule has 1 rings (SSSR count). The average molecular weight is 389 g/mol. The molecule has 64 valence electrons. The van der Waals surface area contributed by atoms with Crippen LogP contribution in [-0.4, -0.2) is 16.5 Å². The second-order valence-electron chi connectivity index (χ2n) is 2.08. The van der Waals surface area contributed by atoms with Crippen LogP contribution >= 0.6 is 45.2 Å². The van der Waals surface area contributed by atoms with E-state index >= 15 is 0 Å². The van der Waals surface area contributed by atoms with Crippen LogP contribution in [0.4, 0.5) is 0 Å². The molecule has 0 aliphatic rings. The molecule has 0 fully saturated rings. The summed E-state index contributed by atoms with van der Waals surface area (Å²) in [5.74, 6) is 0.270. The molecule has 0 bridgehead atoms. The van der Waals surface area contributed by atoms with Gasteiger partial charge in [-0.2, -0.15) is 0 Å². The summed E-state index contributed by atoms with van der Waals surface area (Å²) in [4.78, 5) is 0. The first-order chi connectivity index (χ1) is 5.65. The van der Waals surface area contributed by atoms with E-state index in [1.54, 1.807) is 12.1 Å². The first kappa shape index (κ1) is 10.0. The zero-order chi connectivity index (χ0) is 9.14. The van der Waals surface area contributed by atoms with Gasteiger partial charge in [0.25, 0.3) is 0 Å². The van der Waals surface area contributed by atoms with Crippen molar-refractivity contribution in [3.05, 3.63) is 24.8 Å². The minimum absolute atomic E-state index is 0.270. The minimum atomic E-state index is 0.270. The van der Waals surface area contributed by atoms with Crippen LogP contribution in [0, 0.1) is 7.14 Å². The Hall–Kier alpha value is -0.0500. The van der Waals surface area contributed by atoms with Crippen LogP contribution in [0.1, 0.15) is 5.56 Å². The van der Waals surface area contributed by atoms with E-state index in [9.17, 15) is 5.11 Å². The molecule has 5 heteroatoms. The van der Waals surface area contributed by atoms with Crippen LogP contribution in [0.3, 0.4) is 0 Å². The second kappa shape index (κ2) is 4.26. The molecule has 3 nitrogen and oxygen atoms in total. The maximum absolute atomic E-state index is 9.38. The van der Waals surface area contributed by atoms with Gasteiger partial charge in [0.1, 0.15) is 5.75 Å². The van der Waals surface area contributed by atoms with Crippen molar-refractivity contribution in [2.45, 2.75) is 0 Å². The minimum Gasteiger partial charge on any atom is -0.506 e. The number of phenolic OH excluding ortho intramolecular Hbond substituents is 1. The van der Waals surface area contributed by atoms with Gasteiger partial charge in [-0.3, -0.25) is 0 Å². The van der Waals surface area contributed by atoms with E-state index in [2.05, 4.69) is 5.16 Å². The van der Waals surface area contributed by atoms with Crippen molar-refractivity contribution in [2.24, 2.45) is 5.16 Å². The summed E-state index contributed by atoms with van der Waals surface area (Å²) in [5.41, 5.74) is 0.768. The van der Waals surface area contributed by atoms with E-state index in [0.29, 0.717) is 0 Å². The molecule has 2 N–H and O–H groups in total. The molecule has 0 saturated carbocycles. The molecule has 1 aromatic carbocycles. The Balaban J connectivity index is 3.21. The van der Waals surface area contributed by atoms with Crippen molar-refractivity contribution in [3.63, 3.8) is 0 Å². The summed E-state index contributed by atoms with van der Waals surface area (Å²) < 4.78 is 1.49. The number of nitrogens with zero attached hydrogens (tertiary/aromatic N) is 1. The predicted molar refractivity (Wildman–Crippen MR) is 62.9 cm³/mol. The van der Waals surface area contributed by atoms with Crippen LogP contribution in [0.25, 0.3) is 0 Å². The van der Waals surface area contributed by atoms with Gasteiger partial charge in [-0.25, -0.2) is 0 Å². The lowest BCUT2D eigenvalue weighted by Gasteiger charge is -2.00. The van der Waals surface area contributed by atoms with Gasteiger partial charge >= 0.3 is 0 Å². The van der Waals surface area contributed by atoms with Crippen LogP contribution in [0.2, 0.25) is 0 Å². The van der Waals surface area contributed by atoms with E-state index in [1.807, 2.05) is 45.2 Å². The summed E-state index contributed by atoms with van der Waals surface area (Å²) in [5, 5.41) is 20.6. The number of halogens is 2. The van der Waals surface area contributed by atoms with Gasteiger partial charge < -0.3 is 10.3 Å². The van der Waals surface area contributed by atoms with Gasteiger partial charge in [-0.15, -0.1) is 0 Å². The molecule has 0 saturated heterocycles. The molecule has 0 aliphatic heterocycles. The van der Waals surface area contributed by atoms with Crippen molar-refractivity contribution >= 4 is 51.4 Å². The number of hydrogen-bond acceptors (Lipinski definition) is 3. The van der Waals surface area contributed by atoms with Crippen LogP contribution < -0.4 is 0 Å². The molecule has 0 aliphatic carbocycles. The molecular weight excluding hydrogens is 384 g/mol. The Morgan fingerprint density at radius 3 is 2.17 bits per heavy atom. The van der Waals surface area contributed by atoms with E-state index in [4.69, 9.17) is 5.21 Å². The van der Waals surface area contributed by atoms with Crippen LogP contribution in [-0.2, 0) is 0 Å². The second-order valence-corrected chi connectivity index (χ2v) is 4.40. The molecule has 0 amide bonds. The summed E-state index contributed by atoms with van der Waals surface area (Å²) in [6.45, 7) is 0. The molecule has 0 unspecified atom stereocenters. The number of phenols is 1. The lowest BCUT2D eigenvalue weighted by atomic mass is 10.2. The van der Waals surface area contributed by atoms with Crippen molar-refractivity contribution < 1.29 is 10.3 Å². The lowest BCUT2D eigenvalue weighted by Crippen LogP contribution is -1.86. The summed E-state index contributed by atoms with van der Waals surface area (Å²) in [6.07, 6.45) is 1.32. The maximum atomic E-state index is 9.38. The van der Waals surface area contributed by atoms with E-state index in [0.717, 1.165) is 12.7 Å². The fourth-order valence-electron chi connectivity index (χ4n) is 0.726. The standard InChI is InChI=1S/C7H5I2NO2/c8-5-1-4(3-10-12)2-6(9)7(5)11/h1-3,11-12H/b10-3+. The Morgan fingerprint density at radius 2 is 1.75 bits per heavy atom. The van der Waals surface area contributed by atoms with Crippen LogP contribution in [0.15, 0.2) is 17.3 Å². The predicted octanol–water partition coefficient (Wildman–Crippen LogP) is 2.41. The number of benzene rings is 1. The topological polar surface area (TPSA) is 52.8 Å². The number of rotatable bonds is 1. The monoisotopic (exact) mass is 389 g/mol. The van der Waals surface area contributed by atoms with Gasteiger partial charge in [0.05, 0.1) is 13.4 Å². The Labute approximate surface area is 96.8 Å². The molecule has 0 heterocycles. The number of oxime groups is 1. The first-order valence-corrected chi connectivity index (χ1v) is 5.16.